The largest absolute Gasteiger partial charge is 0.379 e. The molecule has 0 aliphatic carbocycles. The highest BCUT2D eigenvalue weighted by atomic mass is 32.2. The number of aliphatic imine (C=N–C) groups is 1. The van der Waals surface area contributed by atoms with Gasteiger partial charge in [-0.3, -0.25) is 29.0 Å². The van der Waals surface area contributed by atoms with Gasteiger partial charge >= 0.3 is 6.03 Å². The highest BCUT2D eigenvalue weighted by molar-refractivity contribution is 8.00. The highest BCUT2D eigenvalue weighted by Gasteiger charge is 2.42. The third-order valence-electron chi connectivity index (χ3n) is 9.10. The first kappa shape index (κ1) is 50.6. The molecular weight excluding hydrogens is 791 g/mol. The number of rotatable bonds is 35. The number of azide groups is 1. The molecule has 7 amide bonds. The lowest BCUT2D eigenvalue weighted by Crippen LogP contribution is -2.49. The Hall–Kier alpha value is -4.57. The first-order chi connectivity index (χ1) is 28.6. The number of ether oxygens (including phenoxy) is 3. The number of amides is 7. The van der Waals surface area contributed by atoms with Crippen LogP contribution in [0.15, 0.2) is 10.1 Å². The van der Waals surface area contributed by atoms with E-state index in [4.69, 9.17) is 31.2 Å². The number of urea groups is 1. The number of nitrogens with two attached hydrogens (primary N) is 2. The molecule has 11 N–H and O–H groups in total. The molecule has 2 aliphatic rings. The van der Waals surface area contributed by atoms with Crippen LogP contribution in [0.25, 0.3) is 10.4 Å². The second-order valence-corrected chi connectivity index (χ2v) is 15.2. The van der Waals surface area contributed by atoms with Gasteiger partial charge in [-0.1, -0.05) is 18.0 Å². The summed E-state index contributed by atoms with van der Waals surface area (Å²) in [5.41, 5.74) is 19.0. The summed E-state index contributed by atoms with van der Waals surface area (Å²) in [5.74, 6) is -0.766. The van der Waals surface area contributed by atoms with Crippen molar-refractivity contribution >= 4 is 53.3 Å². The van der Waals surface area contributed by atoms with Gasteiger partial charge in [-0.2, -0.15) is 11.8 Å². The Morgan fingerprint density at radius 1 is 0.763 bits per heavy atom. The van der Waals surface area contributed by atoms with Crippen molar-refractivity contribution in [2.75, 3.05) is 84.7 Å². The standard InChI is InChI=1S/C36H65N13O9S/c37-35(38)43-14-6-9-26(46-32(53)24-45-49-39)34(54)44-23-31(52)42-13-5-1-2-11-29(50)40-15-7-17-56-19-21-58-22-20-57-18-8-16-41-30(51)12-4-3-10-28-33-27(25-59-28)47-36(55)48-33/h26-28,33H,1-25H2,(H,40,50)(H,41,51)(H,42,52)(H,44,54)(H,46,53)(H4,37,38,43)(H2,47,48,55)/t26-,27-,28-,33-/m0/s1. The number of guanidine groups is 1. The molecule has 4 atom stereocenters. The summed E-state index contributed by atoms with van der Waals surface area (Å²) in [6.45, 7) is 3.76. The molecule has 334 valence electrons. The molecule has 2 rings (SSSR count). The number of unbranched alkanes of at least 4 members (excludes halogenated alkanes) is 3. The van der Waals surface area contributed by atoms with Crippen molar-refractivity contribution < 1.29 is 43.0 Å². The van der Waals surface area contributed by atoms with Gasteiger partial charge in [0.15, 0.2) is 5.96 Å². The predicted octanol–water partition coefficient (Wildman–Crippen LogP) is -0.584. The number of fused-ring (bicyclic) bond motifs is 1. The van der Waals surface area contributed by atoms with Crippen LogP contribution < -0.4 is 48.7 Å². The van der Waals surface area contributed by atoms with Crippen LogP contribution in [-0.2, 0) is 38.2 Å². The van der Waals surface area contributed by atoms with Crippen LogP contribution >= 0.6 is 11.8 Å². The van der Waals surface area contributed by atoms with Crippen LogP contribution in [-0.4, -0.2) is 150 Å². The second-order valence-electron chi connectivity index (χ2n) is 13.9. The molecule has 2 fully saturated rings. The van der Waals surface area contributed by atoms with Crippen molar-refractivity contribution in [2.24, 2.45) is 21.6 Å². The van der Waals surface area contributed by atoms with Gasteiger partial charge in [-0.15, -0.1) is 0 Å². The summed E-state index contributed by atoms with van der Waals surface area (Å²) in [7, 11) is 0. The number of carbonyl (C=O) groups excluding carboxylic acids is 6. The molecule has 0 radical (unpaired) electrons. The molecule has 0 spiro atoms. The normalized spacial score (nSPS) is 17.0. The molecule has 0 bridgehead atoms. The first-order valence-electron chi connectivity index (χ1n) is 20.4. The average Bonchev–Trinajstić information content (AvgIpc) is 3.77. The Bertz CT molecular complexity index is 1370. The Morgan fingerprint density at radius 3 is 2.02 bits per heavy atom. The van der Waals surface area contributed by atoms with Gasteiger partial charge in [-0.25, -0.2) is 4.79 Å². The van der Waals surface area contributed by atoms with Crippen LogP contribution in [0, 0.1) is 0 Å². The minimum Gasteiger partial charge on any atom is -0.379 e. The van der Waals surface area contributed by atoms with E-state index in [9.17, 15) is 28.8 Å². The van der Waals surface area contributed by atoms with E-state index in [0.717, 1.165) is 37.9 Å². The van der Waals surface area contributed by atoms with E-state index < -0.39 is 30.3 Å². The van der Waals surface area contributed by atoms with Crippen LogP contribution in [0.1, 0.15) is 77.0 Å². The Kier molecular flexibility index (Phi) is 27.7. The molecule has 59 heavy (non-hydrogen) atoms. The summed E-state index contributed by atoms with van der Waals surface area (Å²) in [4.78, 5) is 78.7. The lowest BCUT2D eigenvalue weighted by molar-refractivity contribution is -0.130. The van der Waals surface area contributed by atoms with Crippen molar-refractivity contribution in [3.63, 3.8) is 0 Å². The maximum atomic E-state index is 12.6. The third-order valence-corrected chi connectivity index (χ3v) is 10.6. The number of nitrogens with zero attached hydrogens (tertiary/aromatic N) is 4. The number of carbonyl (C=O) groups is 6. The molecule has 23 heteroatoms. The third kappa shape index (κ3) is 25.5. The van der Waals surface area contributed by atoms with Crippen molar-refractivity contribution in [1.82, 2.24) is 37.2 Å². The van der Waals surface area contributed by atoms with Gasteiger partial charge in [0.2, 0.25) is 29.5 Å². The van der Waals surface area contributed by atoms with Crippen molar-refractivity contribution in [3.8, 4) is 0 Å². The van der Waals surface area contributed by atoms with Gasteiger partial charge in [-0.05, 0) is 56.9 Å². The maximum Gasteiger partial charge on any atom is 0.315 e. The Labute approximate surface area is 349 Å². The van der Waals surface area contributed by atoms with E-state index in [1.54, 1.807) is 0 Å². The molecule has 0 unspecified atom stereocenters. The molecule has 2 saturated heterocycles. The zero-order valence-electron chi connectivity index (χ0n) is 34.0. The lowest BCUT2D eigenvalue weighted by Gasteiger charge is -2.17. The topological polar surface area (TPSA) is 327 Å². The van der Waals surface area contributed by atoms with E-state index >= 15 is 0 Å². The Balaban J connectivity index is 1.32. The minimum atomic E-state index is -0.972. The van der Waals surface area contributed by atoms with E-state index in [2.05, 4.69) is 52.2 Å². The van der Waals surface area contributed by atoms with E-state index in [0.29, 0.717) is 103 Å². The fourth-order valence-electron chi connectivity index (χ4n) is 6.07. The van der Waals surface area contributed by atoms with Crippen molar-refractivity contribution in [1.29, 1.82) is 0 Å². The van der Waals surface area contributed by atoms with Gasteiger partial charge < -0.3 is 62.9 Å². The molecule has 22 nitrogen and oxygen atoms in total. The van der Waals surface area contributed by atoms with E-state index in [1.807, 2.05) is 11.8 Å². The van der Waals surface area contributed by atoms with Crippen LogP contribution in [0.4, 0.5) is 4.79 Å². The first-order valence-corrected chi connectivity index (χ1v) is 21.5. The number of nitrogens with one attached hydrogen (secondary N) is 7. The van der Waals surface area contributed by atoms with E-state index in [-0.39, 0.29) is 55.4 Å². The monoisotopic (exact) mass is 855 g/mol. The number of thioether (sulfide) groups is 1. The van der Waals surface area contributed by atoms with Crippen molar-refractivity contribution in [3.05, 3.63) is 10.4 Å². The van der Waals surface area contributed by atoms with Crippen LogP contribution in [0.5, 0.6) is 0 Å². The molecule has 2 aliphatic heterocycles. The van der Waals surface area contributed by atoms with Crippen LogP contribution in [0.3, 0.4) is 0 Å². The molecular formula is C36H65N13O9S. The molecule has 0 aromatic heterocycles. The number of hydrogen-bond acceptors (Lipinski definition) is 12. The zero-order valence-corrected chi connectivity index (χ0v) is 34.8. The van der Waals surface area contributed by atoms with Gasteiger partial charge in [0.1, 0.15) is 12.6 Å². The van der Waals surface area contributed by atoms with Crippen molar-refractivity contribution in [2.45, 2.75) is 100 Å². The van der Waals surface area contributed by atoms with Gasteiger partial charge in [0.25, 0.3) is 0 Å². The number of hydrogen-bond donors (Lipinski definition) is 9. The van der Waals surface area contributed by atoms with Crippen LogP contribution in [0.2, 0.25) is 0 Å². The highest BCUT2D eigenvalue weighted by Crippen LogP contribution is 2.33. The molecule has 0 aromatic rings. The lowest BCUT2D eigenvalue weighted by atomic mass is 10.0. The van der Waals surface area contributed by atoms with Gasteiger partial charge in [0.05, 0.1) is 45.1 Å². The fourth-order valence-corrected chi connectivity index (χ4v) is 7.62. The molecule has 0 aromatic carbocycles. The second kappa shape index (κ2) is 32.3. The minimum absolute atomic E-state index is 0.0509. The average molecular weight is 856 g/mol. The zero-order chi connectivity index (χ0) is 42.9. The summed E-state index contributed by atoms with van der Waals surface area (Å²) in [5, 5.41) is 23.0. The fraction of sp³-hybridized carbons (Fsp3) is 0.806. The maximum absolute atomic E-state index is 12.6. The molecule has 2 heterocycles. The summed E-state index contributed by atoms with van der Waals surface area (Å²) in [6, 6.07) is -0.603. The predicted molar refractivity (Wildman–Crippen MR) is 222 cm³/mol. The quantitative estimate of drug-likeness (QED) is 0.00736. The smallest absolute Gasteiger partial charge is 0.315 e. The molecule has 0 saturated carbocycles. The van der Waals surface area contributed by atoms with E-state index in [1.165, 1.54) is 0 Å². The summed E-state index contributed by atoms with van der Waals surface area (Å²) >= 11 is 1.89. The van der Waals surface area contributed by atoms with Gasteiger partial charge in [0, 0.05) is 68.1 Å². The summed E-state index contributed by atoms with van der Waals surface area (Å²) < 4.78 is 16.6. The SMILES string of the molecule is [N-]=[N+]=NCC(=O)N[C@@H](CCCN=C(N)N)C(=O)NCC(=O)NCCCCCC(=O)NCCCOCCOCCOCCCNC(=O)CCCC[C@@H]1SC[C@@H]2NC(=O)N[C@@H]21. The Morgan fingerprint density at radius 2 is 1.37 bits per heavy atom. The summed E-state index contributed by atoms with van der Waals surface area (Å²) in [6.07, 6.45) is 7.70.